The summed E-state index contributed by atoms with van der Waals surface area (Å²) >= 11 is 1.55. The van der Waals surface area contributed by atoms with E-state index < -0.39 is 9.84 Å². The number of urea groups is 1. The highest BCUT2D eigenvalue weighted by atomic mass is 32.2. The van der Waals surface area contributed by atoms with Gasteiger partial charge in [-0.15, -0.1) is 11.8 Å². The smallest absolute Gasteiger partial charge is 0.321 e. The molecule has 2 amide bonds. The number of benzene rings is 1. The van der Waals surface area contributed by atoms with Gasteiger partial charge in [-0.05, 0) is 31.6 Å². The fourth-order valence-electron chi connectivity index (χ4n) is 4.04. The van der Waals surface area contributed by atoms with E-state index in [4.69, 9.17) is 9.47 Å². The van der Waals surface area contributed by atoms with E-state index in [0.717, 1.165) is 23.4 Å². The molecule has 1 aromatic rings. The van der Waals surface area contributed by atoms with E-state index in [1.165, 1.54) is 0 Å². The summed E-state index contributed by atoms with van der Waals surface area (Å²) in [5.74, 6) is 1.87. The summed E-state index contributed by atoms with van der Waals surface area (Å²) in [6.45, 7) is 2.31. The van der Waals surface area contributed by atoms with Crippen molar-refractivity contribution in [2.75, 3.05) is 49.4 Å². The number of sulfone groups is 1. The number of ether oxygens (including phenoxy) is 2. The molecule has 2 N–H and O–H groups in total. The number of thioether (sulfide) groups is 1. The van der Waals surface area contributed by atoms with E-state index in [-0.39, 0.29) is 29.6 Å². The quantitative estimate of drug-likeness (QED) is 0.690. The van der Waals surface area contributed by atoms with Crippen LogP contribution in [-0.4, -0.2) is 75.5 Å². The highest BCUT2D eigenvalue weighted by Gasteiger charge is 2.31. The lowest BCUT2D eigenvalue weighted by Gasteiger charge is -2.34. The minimum absolute atomic E-state index is 0.0484. The normalized spacial score (nSPS) is 23.8. The second kappa shape index (κ2) is 8.61. The van der Waals surface area contributed by atoms with Crippen molar-refractivity contribution >= 4 is 33.3 Å². The summed E-state index contributed by atoms with van der Waals surface area (Å²) in [5, 5.41) is 6.47. The first-order chi connectivity index (χ1) is 13.9. The Morgan fingerprint density at radius 3 is 2.41 bits per heavy atom. The molecule has 0 radical (unpaired) electrons. The van der Waals surface area contributed by atoms with Crippen molar-refractivity contribution in [2.45, 2.75) is 36.2 Å². The molecule has 0 aliphatic carbocycles. The van der Waals surface area contributed by atoms with Crippen LogP contribution in [0.25, 0.3) is 0 Å². The first-order valence-electron chi connectivity index (χ1n) is 9.93. The van der Waals surface area contributed by atoms with E-state index in [1.54, 1.807) is 11.8 Å². The van der Waals surface area contributed by atoms with Gasteiger partial charge in [0.25, 0.3) is 0 Å². The standard InChI is InChI=1S/C19H27N3O5S2/c1-28-18-11-17-16(26-7-8-27-17)10-15(18)21-19(23)22-5-2-13(3-6-22)20-14-4-9-29(24,25)12-14/h10-11,13-14,20H,2-9,12H2,1H3,(H,21,23). The Kier molecular flexibility index (Phi) is 6.12. The van der Waals surface area contributed by atoms with Crippen LogP contribution in [0.3, 0.4) is 0 Å². The fourth-order valence-corrected chi connectivity index (χ4v) is 6.28. The van der Waals surface area contributed by atoms with Crippen LogP contribution in [0.4, 0.5) is 10.5 Å². The first kappa shape index (κ1) is 20.6. The van der Waals surface area contributed by atoms with Crippen LogP contribution in [0.5, 0.6) is 11.5 Å². The van der Waals surface area contributed by atoms with Crippen LogP contribution in [0.2, 0.25) is 0 Å². The molecule has 2 saturated heterocycles. The molecule has 8 nitrogen and oxygen atoms in total. The number of nitrogens with zero attached hydrogens (tertiary/aromatic N) is 1. The minimum Gasteiger partial charge on any atom is -0.486 e. The number of rotatable bonds is 4. The number of carbonyl (C=O) groups is 1. The third kappa shape index (κ3) is 4.92. The lowest BCUT2D eigenvalue weighted by atomic mass is 10.0. The Labute approximate surface area is 175 Å². The second-order valence-electron chi connectivity index (χ2n) is 7.65. The maximum absolute atomic E-state index is 12.8. The molecule has 0 bridgehead atoms. The average Bonchev–Trinajstić information content (AvgIpc) is 3.06. The highest BCUT2D eigenvalue weighted by Crippen LogP contribution is 2.39. The van der Waals surface area contributed by atoms with Crippen molar-refractivity contribution < 1.29 is 22.7 Å². The van der Waals surface area contributed by atoms with Crippen molar-refractivity contribution in [1.29, 1.82) is 0 Å². The summed E-state index contributed by atoms with van der Waals surface area (Å²) < 4.78 is 34.5. The largest absolute Gasteiger partial charge is 0.486 e. The molecule has 29 heavy (non-hydrogen) atoms. The van der Waals surface area contributed by atoms with Gasteiger partial charge in [0.15, 0.2) is 21.3 Å². The maximum Gasteiger partial charge on any atom is 0.321 e. The number of anilines is 1. The summed E-state index contributed by atoms with van der Waals surface area (Å²) in [5.41, 5.74) is 0.725. The van der Waals surface area contributed by atoms with Gasteiger partial charge in [-0.2, -0.15) is 0 Å². The van der Waals surface area contributed by atoms with Crippen molar-refractivity contribution in [3.63, 3.8) is 0 Å². The zero-order chi connectivity index (χ0) is 20.4. The molecule has 160 valence electrons. The second-order valence-corrected chi connectivity index (χ2v) is 10.7. The van der Waals surface area contributed by atoms with E-state index in [1.807, 2.05) is 23.3 Å². The van der Waals surface area contributed by atoms with Crippen LogP contribution in [0.1, 0.15) is 19.3 Å². The summed E-state index contributed by atoms with van der Waals surface area (Å²) in [7, 11) is -2.88. The lowest BCUT2D eigenvalue weighted by molar-refractivity contribution is 0.171. The van der Waals surface area contributed by atoms with Gasteiger partial charge >= 0.3 is 6.03 Å². The first-order valence-corrected chi connectivity index (χ1v) is 13.0. The summed E-state index contributed by atoms with van der Waals surface area (Å²) in [6.07, 6.45) is 4.28. The molecule has 0 saturated carbocycles. The molecule has 3 heterocycles. The van der Waals surface area contributed by atoms with Gasteiger partial charge in [0.05, 0.1) is 17.2 Å². The van der Waals surface area contributed by atoms with E-state index in [9.17, 15) is 13.2 Å². The zero-order valence-electron chi connectivity index (χ0n) is 16.5. The number of piperidine rings is 1. The number of likely N-dealkylation sites (tertiary alicyclic amines) is 1. The van der Waals surface area contributed by atoms with Gasteiger partial charge in [0.2, 0.25) is 0 Å². The maximum atomic E-state index is 12.8. The van der Waals surface area contributed by atoms with Gasteiger partial charge in [-0.1, -0.05) is 0 Å². The molecule has 4 rings (SSSR count). The third-order valence-corrected chi connectivity index (χ3v) is 8.14. The van der Waals surface area contributed by atoms with E-state index >= 15 is 0 Å². The van der Waals surface area contributed by atoms with Crippen LogP contribution in [0.15, 0.2) is 17.0 Å². The van der Waals surface area contributed by atoms with Gasteiger partial charge in [-0.25, -0.2) is 13.2 Å². The van der Waals surface area contributed by atoms with Crippen LogP contribution >= 0.6 is 11.8 Å². The predicted molar refractivity (Wildman–Crippen MR) is 113 cm³/mol. The Hall–Kier alpha value is -1.65. The van der Waals surface area contributed by atoms with E-state index in [0.29, 0.717) is 44.2 Å². The van der Waals surface area contributed by atoms with Gasteiger partial charge in [-0.3, -0.25) is 0 Å². The molecule has 2 fully saturated rings. The van der Waals surface area contributed by atoms with Gasteiger partial charge in [0.1, 0.15) is 13.2 Å². The van der Waals surface area contributed by atoms with Crippen molar-refractivity contribution in [2.24, 2.45) is 0 Å². The number of fused-ring (bicyclic) bond motifs is 1. The highest BCUT2D eigenvalue weighted by molar-refractivity contribution is 7.98. The third-order valence-electron chi connectivity index (χ3n) is 5.59. The number of hydrogen-bond donors (Lipinski definition) is 2. The minimum atomic E-state index is -2.88. The van der Waals surface area contributed by atoms with Gasteiger partial charge in [0, 0.05) is 36.1 Å². The molecule has 1 atom stereocenters. The molecule has 1 unspecified atom stereocenters. The van der Waals surface area contributed by atoms with Crippen LogP contribution < -0.4 is 20.1 Å². The van der Waals surface area contributed by atoms with Crippen LogP contribution in [0, 0.1) is 0 Å². The van der Waals surface area contributed by atoms with E-state index in [2.05, 4.69) is 10.6 Å². The fraction of sp³-hybridized carbons (Fsp3) is 0.632. The zero-order valence-corrected chi connectivity index (χ0v) is 18.1. The number of amides is 2. The Morgan fingerprint density at radius 2 is 1.79 bits per heavy atom. The average molecular weight is 442 g/mol. The number of carbonyl (C=O) groups excluding carboxylic acids is 1. The molecule has 10 heteroatoms. The van der Waals surface area contributed by atoms with Crippen molar-refractivity contribution in [3.8, 4) is 11.5 Å². The van der Waals surface area contributed by atoms with Crippen molar-refractivity contribution in [3.05, 3.63) is 12.1 Å². The Balaban J connectivity index is 1.32. The SMILES string of the molecule is CSc1cc2c(cc1NC(=O)N1CCC(NC3CCS(=O)(=O)C3)CC1)OCCO2. The Morgan fingerprint density at radius 1 is 1.10 bits per heavy atom. The molecule has 0 spiro atoms. The van der Waals surface area contributed by atoms with Crippen LogP contribution in [-0.2, 0) is 9.84 Å². The summed E-state index contributed by atoms with van der Waals surface area (Å²) in [4.78, 5) is 15.5. The molecule has 1 aromatic carbocycles. The monoisotopic (exact) mass is 441 g/mol. The lowest BCUT2D eigenvalue weighted by Crippen LogP contribution is -2.49. The molecule has 0 aromatic heterocycles. The molecular weight excluding hydrogens is 414 g/mol. The topological polar surface area (TPSA) is 97.0 Å². The molecular formula is C19H27N3O5S2. The molecule has 3 aliphatic rings. The number of hydrogen-bond acceptors (Lipinski definition) is 7. The summed E-state index contributed by atoms with van der Waals surface area (Å²) in [6, 6.07) is 3.91. The Bertz CT molecular complexity index is 869. The van der Waals surface area contributed by atoms with Crippen molar-refractivity contribution in [1.82, 2.24) is 10.2 Å². The van der Waals surface area contributed by atoms with Gasteiger partial charge < -0.3 is 25.0 Å². The predicted octanol–water partition coefficient (Wildman–Crippen LogP) is 1.95. The molecule has 3 aliphatic heterocycles. The number of nitrogens with one attached hydrogen (secondary N) is 2.